The number of anilines is 1. The van der Waals surface area contributed by atoms with E-state index in [0.717, 1.165) is 17.7 Å². The van der Waals surface area contributed by atoms with Gasteiger partial charge in [-0.3, -0.25) is 0 Å². The Kier molecular flexibility index (Phi) is 1.76. The SMILES string of the molecule is B=C1C(=O)Nc2nc(CC)ccc21. The summed E-state index contributed by atoms with van der Waals surface area (Å²) < 4.78 is 0. The molecule has 2 rings (SSSR count). The molecule has 1 aliphatic heterocycles. The van der Waals surface area contributed by atoms with E-state index in [1.165, 1.54) is 0 Å². The maximum atomic E-state index is 11.2. The third-order valence-electron chi connectivity index (χ3n) is 2.15. The Morgan fingerprint density at radius 2 is 2.31 bits per heavy atom. The van der Waals surface area contributed by atoms with Crippen LogP contribution in [-0.2, 0) is 11.2 Å². The van der Waals surface area contributed by atoms with Crippen molar-refractivity contribution in [1.29, 1.82) is 0 Å². The Morgan fingerprint density at radius 1 is 1.54 bits per heavy atom. The molecule has 3 nitrogen and oxygen atoms in total. The summed E-state index contributed by atoms with van der Waals surface area (Å²) in [4.78, 5) is 15.5. The molecule has 0 bridgehead atoms. The summed E-state index contributed by atoms with van der Waals surface area (Å²) in [6.07, 6.45) is 0.871. The number of nitrogens with zero attached hydrogens (tertiary/aromatic N) is 1. The second-order valence-corrected chi connectivity index (χ2v) is 2.98. The van der Waals surface area contributed by atoms with Gasteiger partial charge in [-0.1, -0.05) is 0 Å². The molecule has 0 atom stereocenters. The van der Waals surface area contributed by atoms with Crippen LogP contribution < -0.4 is 5.32 Å². The predicted molar refractivity (Wildman–Crippen MR) is 53.5 cm³/mol. The quantitative estimate of drug-likeness (QED) is 0.606. The molecule has 0 spiro atoms. The number of aromatic nitrogens is 1. The van der Waals surface area contributed by atoms with E-state index in [1.54, 1.807) is 0 Å². The van der Waals surface area contributed by atoms with Crippen molar-refractivity contribution < 1.29 is 4.79 Å². The summed E-state index contributed by atoms with van der Waals surface area (Å²) in [6.45, 7) is 2.03. The number of hydrogen-bond acceptors (Lipinski definition) is 2. The van der Waals surface area contributed by atoms with Crippen LogP contribution in [0.5, 0.6) is 0 Å². The third-order valence-corrected chi connectivity index (χ3v) is 2.15. The van der Waals surface area contributed by atoms with Crippen molar-refractivity contribution in [3.05, 3.63) is 23.4 Å². The minimum atomic E-state index is -0.143. The molecule has 0 aromatic carbocycles. The maximum absolute atomic E-state index is 11.2. The van der Waals surface area contributed by atoms with Crippen LogP contribution in [-0.4, -0.2) is 23.8 Å². The van der Waals surface area contributed by atoms with Crippen molar-refractivity contribution in [2.24, 2.45) is 0 Å². The van der Waals surface area contributed by atoms with Crippen LogP contribution in [0.2, 0.25) is 0 Å². The van der Waals surface area contributed by atoms with Crippen molar-refractivity contribution >= 4 is 24.7 Å². The van der Waals surface area contributed by atoms with Gasteiger partial charge in [-0.25, -0.2) is 0 Å². The second-order valence-electron chi connectivity index (χ2n) is 2.98. The predicted octanol–water partition coefficient (Wildman–Crippen LogP) is 0.0174. The zero-order valence-electron chi connectivity index (χ0n) is 7.42. The summed E-state index contributed by atoms with van der Waals surface area (Å²) in [5.74, 6) is 0.505. The second kappa shape index (κ2) is 2.80. The van der Waals surface area contributed by atoms with Crippen LogP contribution in [0.4, 0.5) is 5.82 Å². The zero-order valence-corrected chi connectivity index (χ0v) is 7.42. The molecule has 1 aromatic rings. The molecule has 0 aliphatic carbocycles. The van der Waals surface area contributed by atoms with E-state index >= 15 is 0 Å². The third kappa shape index (κ3) is 1.18. The molecule has 4 heteroatoms. The van der Waals surface area contributed by atoms with Crippen molar-refractivity contribution in [3.8, 4) is 0 Å². The van der Waals surface area contributed by atoms with E-state index in [2.05, 4.69) is 17.8 Å². The molecule has 1 aromatic heterocycles. The van der Waals surface area contributed by atoms with E-state index in [1.807, 2.05) is 19.1 Å². The zero-order chi connectivity index (χ0) is 9.42. The number of nitrogens with one attached hydrogen (secondary N) is 1. The Hall–Kier alpha value is -1.45. The van der Waals surface area contributed by atoms with E-state index in [0.29, 0.717) is 11.3 Å². The number of amides is 1. The van der Waals surface area contributed by atoms with Gasteiger partial charge in [-0.15, -0.1) is 0 Å². The normalized spacial score (nSPS) is 14.2. The fraction of sp³-hybridized carbons (Fsp3) is 0.222. The average molecular weight is 172 g/mol. The van der Waals surface area contributed by atoms with Crippen molar-refractivity contribution in [1.82, 2.24) is 4.98 Å². The first kappa shape index (κ1) is 8.17. The van der Waals surface area contributed by atoms with Crippen LogP contribution in [0.1, 0.15) is 18.2 Å². The monoisotopic (exact) mass is 172 g/mol. The molecular formula is C9H9BN2O. The van der Waals surface area contributed by atoms with E-state index in [9.17, 15) is 4.79 Å². The van der Waals surface area contributed by atoms with Crippen molar-refractivity contribution in [2.45, 2.75) is 13.3 Å². The molecule has 1 N–H and O–H groups in total. The average Bonchev–Trinajstić information content (AvgIpc) is 2.42. The van der Waals surface area contributed by atoms with Gasteiger partial charge < -0.3 is 0 Å². The van der Waals surface area contributed by atoms with Crippen LogP contribution in [0, 0.1) is 0 Å². The molecule has 13 heavy (non-hydrogen) atoms. The molecule has 0 radical (unpaired) electrons. The Bertz CT molecular complexity index is 401. The standard InChI is InChI=1S/C9H9BN2O/c1-2-5-3-4-6-7(10)9(13)12-8(6)11-5/h3-4,10H,2H2,1H3,(H,11,12,13). The molecular weight excluding hydrogens is 163 g/mol. The fourth-order valence-corrected chi connectivity index (χ4v) is 1.34. The number of pyridine rings is 1. The number of rotatable bonds is 1. The van der Waals surface area contributed by atoms with Gasteiger partial charge in [0.2, 0.25) is 0 Å². The molecule has 0 fully saturated rings. The van der Waals surface area contributed by atoms with Crippen LogP contribution >= 0.6 is 0 Å². The van der Waals surface area contributed by atoms with Crippen LogP contribution in [0.25, 0.3) is 0 Å². The molecule has 64 valence electrons. The van der Waals surface area contributed by atoms with Gasteiger partial charge in [0, 0.05) is 0 Å². The molecule has 0 saturated carbocycles. The summed E-state index contributed by atoms with van der Waals surface area (Å²) in [7, 11) is 3.68. The minimum absolute atomic E-state index is 0.143. The van der Waals surface area contributed by atoms with Gasteiger partial charge >= 0.3 is 76.5 Å². The van der Waals surface area contributed by atoms with Gasteiger partial charge in [0.05, 0.1) is 0 Å². The Morgan fingerprint density at radius 3 is 3.00 bits per heavy atom. The number of hydrogen-bond donors (Lipinski definition) is 1. The van der Waals surface area contributed by atoms with Gasteiger partial charge in [0.1, 0.15) is 0 Å². The number of aryl methyl sites for hydroxylation is 1. The number of carbonyl (C=O) groups excluding carboxylic acids is 1. The molecule has 0 unspecified atom stereocenters. The summed E-state index contributed by atoms with van der Waals surface area (Å²) in [6, 6.07) is 3.81. The summed E-state index contributed by atoms with van der Waals surface area (Å²) >= 11 is 0. The molecule has 1 amide bonds. The fourth-order valence-electron chi connectivity index (χ4n) is 1.34. The van der Waals surface area contributed by atoms with Gasteiger partial charge in [-0.2, -0.15) is 0 Å². The Balaban J connectivity index is 2.52. The summed E-state index contributed by atoms with van der Waals surface area (Å²) in [5, 5.41) is 2.67. The summed E-state index contributed by atoms with van der Waals surface area (Å²) in [5.41, 5.74) is 2.31. The first-order valence-corrected chi connectivity index (χ1v) is 4.23. The van der Waals surface area contributed by atoms with E-state index < -0.39 is 0 Å². The number of fused-ring (bicyclic) bond motifs is 1. The Labute approximate surface area is 77.3 Å². The van der Waals surface area contributed by atoms with Crippen molar-refractivity contribution in [2.75, 3.05) is 5.32 Å². The topological polar surface area (TPSA) is 42.0 Å². The number of carbonyl (C=O) groups is 1. The molecule has 0 saturated heterocycles. The molecule has 1 aliphatic rings. The van der Waals surface area contributed by atoms with Crippen molar-refractivity contribution in [3.63, 3.8) is 0 Å². The molecule has 2 heterocycles. The van der Waals surface area contributed by atoms with Gasteiger partial charge in [-0.05, 0) is 0 Å². The van der Waals surface area contributed by atoms with Gasteiger partial charge in [0.25, 0.3) is 0 Å². The van der Waals surface area contributed by atoms with E-state index in [4.69, 9.17) is 0 Å². The van der Waals surface area contributed by atoms with Crippen LogP contribution in [0.3, 0.4) is 0 Å². The van der Waals surface area contributed by atoms with Gasteiger partial charge in [0.15, 0.2) is 0 Å². The van der Waals surface area contributed by atoms with Crippen LogP contribution in [0.15, 0.2) is 12.1 Å². The van der Waals surface area contributed by atoms with E-state index in [-0.39, 0.29) is 5.91 Å². The first-order valence-electron chi connectivity index (χ1n) is 4.23. The first-order chi connectivity index (χ1) is 6.22.